The third-order valence-corrected chi connectivity index (χ3v) is 4.71. The van der Waals surface area contributed by atoms with Crippen LogP contribution in [0.2, 0.25) is 0 Å². The van der Waals surface area contributed by atoms with Crippen LogP contribution in [-0.2, 0) is 16.4 Å². The van der Waals surface area contributed by atoms with Crippen molar-refractivity contribution >= 4 is 11.6 Å². The van der Waals surface area contributed by atoms with Crippen LogP contribution in [0.1, 0.15) is 36.2 Å². The lowest BCUT2D eigenvalue weighted by Crippen LogP contribution is -2.46. The molecule has 138 valence electrons. The van der Waals surface area contributed by atoms with Crippen molar-refractivity contribution < 1.29 is 26.7 Å². The third-order valence-electron chi connectivity index (χ3n) is 4.71. The molecule has 1 aromatic carbocycles. The Hall–Kier alpha value is -2.51. The quantitative estimate of drug-likeness (QED) is 0.793. The molecule has 26 heavy (non-hydrogen) atoms. The number of halogens is 5. The molecular formula is C18H15F5N2O. The minimum absolute atomic E-state index is 0.00206. The Morgan fingerprint density at radius 3 is 2.35 bits per heavy atom. The molecule has 2 aromatic rings. The molecule has 1 aromatic heterocycles. The standard InChI is InChI=1S/C18H15F5N2O/c1-10-14(5-6-15(24-10)18(21,22)23)25-16(26)17(7-2-8-17)12-4-3-11(19)9-13(12)20/h3-6,9H,2,7-8H2,1H3,(H,25,26). The molecule has 3 nitrogen and oxygen atoms in total. The summed E-state index contributed by atoms with van der Waals surface area (Å²) in [6, 6.07) is 4.93. The lowest BCUT2D eigenvalue weighted by molar-refractivity contribution is -0.141. The first-order chi connectivity index (χ1) is 12.1. The number of nitrogens with one attached hydrogen (secondary N) is 1. The molecule has 0 spiro atoms. The van der Waals surface area contributed by atoms with Gasteiger partial charge in [0.2, 0.25) is 5.91 Å². The summed E-state index contributed by atoms with van der Waals surface area (Å²) in [4.78, 5) is 16.2. The molecule has 1 amide bonds. The monoisotopic (exact) mass is 370 g/mol. The van der Waals surface area contributed by atoms with Gasteiger partial charge in [-0.2, -0.15) is 13.2 Å². The summed E-state index contributed by atoms with van der Waals surface area (Å²) in [6.07, 6.45) is -3.16. The fourth-order valence-electron chi connectivity index (χ4n) is 3.12. The van der Waals surface area contributed by atoms with Gasteiger partial charge in [0.25, 0.3) is 0 Å². The zero-order chi connectivity index (χ0) is 19.1. The largest absolute Gasteiger partial charge is 0.433 e. The smallest absolute Gasteiger partial charge is 0.324 e. The van der Waals surface area contributed by atoms with Crippen LogP contribution in [-0.4, -0.2) is 10.9 Å². The van der Waals surface area contributed by atoms with E-state index in [4.69, 9.17) is 0 Å². The number of nitrogens with zero attached hydrogens (tertiary/aromatic N) is 1. The fourth-order valence-corrected chi connectivity index (χ4v) is 3.12. The molecule has 0 bridgehead atoms. The molecule has 1 aliphatic carbocycles. The van der Waals surface area contributed by atoms with Gasteiger partial charge in [-0.15, -0.1) is 0 Å². The zero-order valence-electron chi connectivity index (χ0n) is 13.8. The topological polar surface area (TPSA) is 42.0 Å². The predicted molar refractivity (Wildman–Crippen MR) is 84.5 cm³/mol. The Bertz CT molecular complexity index is 859. The average Bonchev–Trinajstić information content (AvgIpc) is 2.49. The highest BCUT2D eigenvalue weighted by Gasteiger charge is 2.47. The Balaban J connectivity index is 1.89. The van der Waals surface area contributed by atoms with Crippen LogP contribution in [0.15, 0.2) is 30.3 Å². The minimum atomic E-state index is -4.58. The minimum Gasteiger partial charge on any atom is -0.324 e. The number of alkyl halides is 3. The van der Waals surface area contributed by atoms with Crippen LogP contribution in [0.3, 0.4) is 0 Å². The summed E-state index contributed by atoms with van der Waals surface area (Å²) in [5.74, 6) is -2.11. The summed E-state index contributed by atoms with van der Waals surface area (Å²) in [7, 11) is 0. The van der Waals surface area contributed by atoms with Gasteiger partial charge in [0.1, 0.15) is 17.3 Å². The SMILES string of the molecule is Cc1nc(C(F)(F)F)ccc1NC(=O)C1(c2ccc(F)cc2F)CCC1. The number of rotatable bonds is 3. The Morgan fingerprint density at radius 2 is 1.85 bits per heavy atom. The van der Waals surface area contributed by atoms with Crippen LogP contribution in [0, 0.1) is 18.6 Å². The molecule has 8 heteroatoms. The van der Waals surface area contributed by atoms with Crippen molar-refractivity contribution in [3.8, 4) is 0 Å². The number of hydrogen-bond donors (Lipinski definition) is 1. The van der Waals surface area contributed by atoms with E-state index in [2.05, 4.69) is 10.3 Å². The number of aryl methyl sites for hydroxylation is 1. The van der Waals surface area contributed by atoms with Crippen molar-refractivity contribution in [3.63, 3.8) is 0 Å². The summed E-state index contributed by atoms with van der Waals surface area (Å²) < 4.78 is 65.4. The maximum atomic E-state index is 14.2. The maximum absolute atomic E-state index is 14.2. The summed E-state index contributed by atoms with van der Waals surface area (Å²) in [5.41, 5.74) is -2.01. The van der Waals surface area contributed by atoms with Crippen molar-refractivity contribution in [2.24, 2.45) is 0 Å². The molecule has 0 saturated heterocycles. The molecule has 1 aliphatic rings. The van der Waals surface area contributed by atoms with E-state index in [9.17, 15) is 26.7 Å². The molecule has 3 rings (SSSR count). The van der Waals surface area contributed by atoms with Crippen molar-refractivity contribution in [2.75, 3.05) is 5.32 Å². The van der Waals surface area contributed by atoms with Crippen molar-refractivity contribution in [2.45, 2.75) is 37.8 Å². The van der Waals surface area contributed by atoms with Crippen molar-refractivity contribution in [1.82, 2.24) is 4.98 Å². The number of aromatic nitrogens is 1. The molecule has 1 saturated carbocycles. The number of hydrogen-bond acceptors (Lipinski definition) is 2. The van der Waals surface area contributed by atoms with E-state index in [1.165, 1.54) is 13.0 Å². The Kier molecular flexibility index (Phi) is 4.46. The van der Waals surface area contributed by atoms with Gasteiger partial charge < -0.3 is 5.32 Å². The van der Waals surface area contributed by atoms with Crippen molar-refractivity contribution in [1.29, 1.82) is 0 Å². The first kappa shape index (κ1) is 18.3. The lowest BCUT2D eigenvalue weighted by Gasteiger charge is -2.40. The Morgan fingerprint density at radius 1 is 1.15 bits per heavy atom. The third kappa shape index (κ3) is 3.15. The van der Waals surface area contributed by atoms with Crippen LogP contribution >= 0.6 is 0 Å². The van der Waals surface area contributed by atoms with E-state index >= 15 is 0 Å². The molecule has 0 unspecified atom stereocenters. The highest BCUT2D eigenvalue weighted by atomic mass is 19.4. The second kappa shape index (κ2) is 6.34. The van der Waals surface area contributed by atoms with E-state index in [-0.39, 0.29) is 16.9 Å². The van der Waals surface area contributed by atoms with Gasteiger partial charge in [-0.25, -0.2) is 13.8 Å². The van der Waals surface area contributed by atoms with E-state index in [0.717, 1.165) is 18.2 Å². The van der Waals surface area contributed by atoms with Gasteiger partial charge in [-0.3, -0.25) is 4.79 Å². The summed E-state index contributed by atoms with van der Waals surface area (Å²) in [5, 5.41) is 2.54. The Labute approximate surface area is 146 Å². The van der Waals surface area contributed by atoms with E-state index < -0.39 is 34.8 Å². The van der Waals surface area contributed by atoms with Gasteiger partial charge in [0.05, 0.1) is 16.8 Å². The normalized spacial score (nSPS) is 16.1. The molecule has 0 aliphatic heterocycles. The number of carbonyl (C=O) groups excluding carboxylic acids is 1. The van der Waals surface area contributed by atoms with Crippen LogP contribution < -0.4 is 5.32 Å². The lowest BCUT2D eigenvalue weighted by atomic mass is 9.63. The van der Waals surface area contributed by atoms with E-state index in [0.29, 0.717) is 25.3 Å². The van der Waals surface area contributed by atoms with Crippen LogP contribution in [0.25, 0.3) is 0 Å². The average molecular weight is 370 g/mol. The summed E-state index contributed by atoms with van der Waals surface area (Å²) in [6.45, 7) is 1.34. The number of benzene rings is 1. The molecule has 0 atom stereocenters. The van der Waals surface area contributed by atoms with Crippen LogP contribution in [0.5, 0.6) is 0 Å². The van der Waals surface area contributed by atoms with Crippen molar-refractivity contribution in [3.05, 3.63) is 58.9 Å². The number of carbonyl (C=O) groups is 1. The second-order valence-corrected chi connectivity index (χ2v) is 6.34. The first-order valence-electron chi connectivity index (χ1n) is 7.95. The van der Waals surface area contributed by atoms with Gasteiger partial charge >= 0.3 is 6.18 Å². The highest BCUT2D eigenvalue weighted by Crippen LogP contribution is 2.45. The maximum Gasteiger partial charge on any atom is 0.433 e. The predicted octanol–water partition coefficient (Wildman–Crippen LogP) is 4.75. The fraction of sp³-hybridized carbons (Fsp3) is 0.333. The van der Waals surface area contributed by atoms with Gasteiger partial charge in [0.15, 0.2) is 0 Å². The van der Waals surface area contributed by atoms with Crippen LogP contribution in [0.4, 0.5) is 27.6 Å². The van der Waals surface area contributed by atoms with E-state index in [1.807, 2.05) is 0 Å². The molecule has 1 heterocycles. The number of anilines is 1. The number of pyridine rings is 1. The van der Waals surface area contributed by atoms with Gasteiger partial charge in [-0.05, 0) is 38.0 Å². The second-order valence-electron chi connectivity index (χ2n) is 6.34. The van der Waals surface area contributed by atoms with E-state index in [1.54, 1.807) is 0 Å². The molecule has 0 radical (unpaired) electrons. The zero-order valence-corrected chi connectivity index (χ0v) is 13.8. The summed E-state index contributed by atoms with van der Waals surface area (Å²) >= 11 is 0. The molecule has 1 fully saturated rings. The highest BCUT2D eigenvalue weighted by molar-refractivity contribution is 6.00. The van der Waals surface area contributed by atoms with Gasteiger partial charge in [0, 0.05) is 11.6 Å². The van der Waals surface area contributed by atoms with Gasteiger partial charge in [-0.1, -0.05) is 12.5 Å². The first-order valence-corrected chi connectivity index (χ1v) is 7.95. The molecule has 1 N–H and O–H groups in total. The molecular weight excluding hydrogens is 355 g/mol. The number of amides is 1.